The molecule has 1 saturated carbocycles. The van der Waals surface area contributed by atoms with Crippen LogP contribution in [0.5, 0.6) is 5.75 Å². The second kappa shape index (κ2) is 7.87. The van der Waals surface area contributed by atoms with E-state index in [1.54, 1.807) is 7.11 Å². The molecule has 1 heterocycles. The normalized spacial score (nSPS) is 15.3. The number of halogens is 3. The molecule has 1 aliphatic rings. The minimum Gasteiger partial charge on any atom is -0.497 e. The van der Waals surface area contributed by atoms with Crippen molar-refractivity contribution in [3.63, 3.8) is 0 Å². The average molecular weight is 403 g/mol. The first kappa shape index (κ1) is 19.4. The predicted octanol–water partition coefficient (Wildman–Crippen LogP) is 5.00. The second-order valence-corrected chi connectivity index (χ2v) is 7.06. The quantitative estimate of drug-likeness (QED) is 0.601. The van der Waals surface area contributed by atoms with Gasteiger partial charge < -0.3 is 14.6 Å². The highest BCUT2D eigenvalue weighted by atomic mass is 19.4. The Morgan fingerprint density at radius 2 is 1.93 bits per heavy atom. The van der Waals surface area contributed by atoms with Crippen LogP contribution in [0.2, 0.25) is 0 Å². The van der Waals surface area contributed by atoms with Crippen LogP contribution in [0.25, 0.3) is 11.4 Å². The lowest BCUT2D eigenvalue weighted by atomic mass is 10.0. The molecule has 1 atom stereocenters. The monoisotopic (exact) mass is 403 g/mol. The summed E-state index contributed by atoms with van der Waals surface area (Å²) in [4.78, 5) is 4.25. The van der Waals surface area contributed by atoms with Gasteiger partial charge in [0.25, 0.3) is 0 Å². The summed E-state index contributed by atoms with van der Waals surface area (Å²) in [6.45, 7) is 0.332. The lowest BCUT2D eigenvalue weighted by Crippen LogP contribution is -2.22. The molecule has 1 aromatic heterocycles. The van der Waals surface area contributed by atoms with Gasteiger partial charge in [0, 0.05) is 11.6 Å². The molecule has 0 saturated heterocycles. The highest BCUT2D eigenvalue weighted by molar-refractivity contribution is 5.55. The summed E-state index contributed by atoms with van der Waals surface area (Å²) in [5.41, 5.74) is 0.669. The third-order valence-corrected chi connectivity index (χ3v) is 4.96. The van der Waals surface area contributed by atoms with Crippen molar-refractivity contribution in [3.8, 4) is 17.1 Å². The fraction of sp³-hybridized carbons (Fsp3) is 0.333. The summed E-state index contributed by atoms with van der Waals surface area (Å²) < 4.78 is 49.2. The largest absolute Gasteiger partial charge is 0.497 e. The van der Waals surface area contributed by atoms with Crippen LogP contribution in [-0.2, 0) is 12.7 Å². The van der Waals surface area contributed by atoms with Gasteiger partial charge in [-0.25, -0.2) is 0 Å². The van der Waals surface area contributed by atoms with E-state index in [4.69, 9.17) is 9.26 Å². The Kier molecular flexibility index (Phi) is 5.27. The number of hydrogen-bond acceptors (Lipinski definition) is 5. The van der Waals surface area contributed by atoms with Gasteiger partial charge in [-0.3, -0.25) is 0 Å². The number of nitrogens with zero attached hydrogens (tertiary/aromatic N) is 2. The van der Waals surface area contributed by atoms with E-state index in [2.05, 4.69) is 15.5 Å². The molecule has 0 radical (unpaired) electrons. The van der Waals surface area contributed by atoms with Gasteiger partial charge in [-0.05, 0) is 48.6 Å². The fourth-order valence-electron chi connectivity index (χ4n) is 3.27. The molecule has 8 heteroatoms. The number of nitrogens with one attached hydrogen (secondary N) is 1. The van der Waals surface area contributed by atoms with Crippen molar-refractivity contribution in [2.24, 2.45) is 5.92 Å². The molecule has 1 unspecified atom stereocenters. The summed E-state index contributed by atoms with van der Waals surface area (Å²) in [6.07, 6.45) is -2.13. The minimum atomic E-state index is -4.42. The summed E-state index contributed by atoms with van der Waals surface area (Å²) >= 11 is 0. The molecule has 0 spiro atoms. The van der Waals surface area contributed by atoms with Crippen molar-refractivity contribution >= 4 is 0 Å². The zero-order valence-electron chi connectivity index (χ0n) is 15.7. The van der Waals surface area contributed by atoms with Gasteiger partial charge >= 0.3 is 6.18 Å². The Bertz CT molecular complexity index is 966. The summed E-state index contributed by atoms with van der Waals surface area (Å²) in [5.74, 6) is 1.80. The molecular weight excluding hydrogens is 383 g/mol. The van der Waals surface area contributed by atoms with Gasteiger partial charge in [0.2, 0.25) is 11.7 Å². The number of benzene rings is 2. The maximum Gasteiger partial charge on any atom is 0.416 e. The van der Waals surface area contributed by atoms with E-state index in [1.165, 1.54) is 12.1 Å². The highest BCUT2D eigenvalue weighted by Gasteiger charge is 2.33. The number of ether oxygens (including phenoxy) is 1. The van der Waals surface area contributed by atoms with Gasteiger partial charge in [0.15, 0.2) is 0 Å². The highest BCUT2D eigenvalue weighted by Crippen LogP contribution is 2.41. The van der Waals surface area contributed by atoms with E-state index in [1.807, 2.05) is 24.3 Å². The van der Waals surface area contributed by atoms with E-state index >= 15 is 0 Å². The molecule has 2 aromatic carbocycles. The van der Waals surface area contributed by atoms with Crippen LogP contribution in [0.4, 0.5) is 13.2 Å². The summed E-state index contributed by atoms with van der Waals surface area (Å²) in [5, 5.41) is 7.27. The molecule has 4 rings (SSSR count). The molecule has 1 fully saturated rings. The molecule has 0 bridgehead atoms. The number of methoxy groups -OCH3 is 1. The number of alkyl halides is 3. The van der Waals surface area contributed by atoms with E-state index in [0.29, 0.717) is 18.4 Å². The zero-order chi connectivity index (χ0) is 20.4. The molecular formula is C21H20F3N3O2. The summed E-state index contributed by atoms with van der Waals surface area (Å²) in [7, 11) is 1.63. The van der Waals surface area contributed by atoms with Gasteiger partial charge in [-0.15, -0.1) is 0 Å². The van der Waals surface area contributed by atoms with Crippen molar-refractivity contribution in [2.45, 2.75) is 31.6 Å². The fourth-order valence-corrected chi connectivity index (χ4v) is 3.27. The lowest BCUT2D eigenvalue weighted by Gasteiger charge is -2.18. The van der Waals surface area contributed by atoms with Gasteiger partial charge in [-0.2, -0.15) is 18.2 Å². The van der Waals surface area contributed by atoms with Crippen LogP contribution in [0, 0.1) is 5.92 Å². The molecule has 152 valence electrons. The van der Waals surface area contributed by atoms with Crippen molar-refractivity contribution in [1.82, 2.24) is 15.5 Å². The van der Waals surface area contributed by atoms with Crippen molar-refractivity contribution in [3.05, 3.63) is 65.5 Å². The van der Waals surface area contributed by atoms with E-state index < -0.39 is 11.7 Å². The first-order valence-corrected chi connectivity index (χ1v) is 9.31. The number of hydrogen-bond donors (Lipinski definition) is 1. The molecule has 0 aliphatic heterocycles. The Hall–Kier alpha value is -2.87. The van der Waals surface area contributed by atoms with Gasteiger partial charge in [0.05, 0.1) is 19.2 Å². The van der Waals surface area contributed by atoms with Crippen molar-refractivity contribution < 1.29 is 22.4 Å². The van der Waals surface area contributed by atoms with Crippen LogP contribution in [0.15, 0.2) is 53.1 Å². The Labute approximate surface area is 165 Å². The predicted molar refractivity (Wildman–Crippen MR) is 100 cm³/mol. The molecule has 0 amide bonds. The first-order chi connectivity index (χ1) is 13.9. The van der Waals surface area contributed by atoms with Crippen molar-refractivity contribution in [2.75, 3.05) is 7.11 Å². The van der Waals surface area contributed by atoms with E-state index in [0.717, 1.165) is 36.3 Å². The second-order valence-electron chi connectivity index (χ2n) is 7.06. The first-order valence-electron chi connectivity index (χ1n) is 9.31. The topological polar surface area (TPSA) is 60.2 Å². The molecule has 5 nitrogen and oxygen atoms in total. The van der Waals surface area contributed by atoms with Gasteiger partial charge in [-0.1, -0.05) is 29.4 Å². The van der Waals surface area contributed by atoms with Crippen molar-refractivity contribution in [1.29, 1.82) is 0 Å². The van der Waals surface area contributed by atoms with E-state index in [9.17, 15) is 13.2 Å². The molecule has 1 aliphatic carbocycles. The van der Waals surface area contributed by atoms with E-state index in [-0.39, 0.29) is 17.4 Å². The average Bonchev–Trinajstić information content (AvgIpc) is 3.45. The number of rotatable bonds is 7. The maximum atomic E-state index is 12.9. The van der Waals surface area contributed by atoms with Crippen LogP contribution in [0.3, 0.4) is 0 Å². The third-order valence-electron chi connectivity index (χ3n) is 4.96. The number of aromatic nitrogens is 2. The molecule has 1 N–H and O–H groups in total. The smallest absolute Gasteiger partial charge is 0.416 e. The Morgan fingerprint density at radius 3 is 2.59 bits per heavy atom. The van der Waals surface area contributed by atoms with Crippen LogP contribution >= 0.6 is 0 Å². The molecule has 3 aromatic rings. The van der Waals surface area contributed by atoms with Crippen LogP contribution in [0.1, 0.15) is 35.9 Å². The van der Waals surface area contributed by atoms with Gasteiger partial charge in [0.1, 0.15) is 5.75 Å². The van der Waals surface area contributed by atoms with Crippen LogP contribution in [-0.4, -0.2) is 17.3 Å². The molecule has 29 heavy (non-hydrogen) atoms. The SMILES string of the molecule is COc1ccc(C(NCc2nc(-c3cccc(C(F)(F)F)c3)no2)C2CC2)cc1. The minimum absolute atomic E-state index is 0.139. The Morgan fingerprint density at radius 1 is 1.17 bits per heavy atom. The third kappa shape index (κ3) is 4.59. The zero-order valence-corrected chi connectivity index (χ0v) is 15.7. The summed E-state index contributed by atoms with van der Waals surface area (Å²) in [6, 6.07) is 12.9. The van der Waals surface area contributed by atoms with Crippen LogP contribution < -0.4 is 10.1 Å². The standard InChI is InChI=1S/C21H20F3N3O2/c1-28-17-9-7-14(8-10-17)19(13-5-6-13)25-12-18-26-20(27-29-18)15-3-2-4-16(11-15)21(22,23)24/h2-4,7-11,13,19,25H,5-6,12H2,1H3. The maximum absolute atomic E-state index is 12.9. The lowest BCUT2D eigenvalue weighted by molar-refractivity contribution is -0.137. The Balaban J connectivity index is 1.46.